The Hall–Kier alpha value is -0.560. The lowest BCUT2D eigenvalue weighted by molar-refractivity contribution is 0.734. The highest BCUT2D eigenvalue weighted by Gasteiger charge is 2.18. The topological polar surface area (TPSA) is 43.1 Å². The standard InChI is InChI=1S/C11H8Cl2N4S.BrH/c1-6-14-15-11-17(6)16-10(5-18-11)7-2-3-8(12)9(13)4-7;/h2-4H,5H2,1H3;1H. The van der Waals surface area contributed by atoms with Crippen LogP contribution in [0.4, 0.5) is 0 Å². The molecule has 4 nitrogen and oxygen atoms in total. The van der Waals surface area contributed by atoms with E-state index in [-0.39, 0.29) is 17.0 Å². The molecule has 0 saturated carbocycles. The summed E-state index contributed by atoms with van der Waals surface area (Å²) >= 11 is 13.5. The molecule has 0 atom stereocenters. The van der Waals surface area contributed by atoms with Crippen molar-refractivity contribution < 1.29 is 0 Å². The van der Waals surface area contributed by atoms with Crippen LogP contribution in [0.1, 0.15) is 11.4 Å². The minimum Gasteiger partial charge on any atom is -0.191 e. The van der Waals surface area contributed by atoms with Crippen LogP contribution >= 0.6 is 51.9 Å². The predicted molar refractivity (Wildman–Crippen MR) is 84.2 cm³/mol. The molecule has 0 N–H and O–H groups in total. The summed E-state index contributed by atoms with van der Waals surface area (Å²) in [5.41, 5.74) is 1.91. The summed E-state index contributed by atoms with van der Waals surface area (Å²) in [7, 11) is 0. The van der Waals surface area contributed by atoms with Gasteiger partial charge in [0.25, 0.3) is 0 Å². The molecule has 0 amide bonds. The van der Waals surface area contributed by atoms with Crippen LogP contribution in [-0.2, 0) is 0 Å². The van der Waals surface area contributed by atoms with E-state index in [0.717, 1.165) is 28.0 Å². The third-order valence-corrected chi connectivity index (χ3v) is 4.25. The van der Waals surface area contributed by atoms with Gasteiger partial charge in [0.15, 0.2) is 5.82 Å². The highest BCUT2D eigenvalue weighted by Crippen LogP contribution is 2.27. The van der Waals surface area contributed by atoms with Crippen LogP contribution in [0.2, 0.25) is 10.0 Å². The molecule has 0 fully saturated rings. The lowest BCUT2D eigenvalue weighted by Crippen LogP contribution is -2.13. The molecule has 1 aromatic carbocycles. The van der Waals surface area contributed by atoms with Crippen molar-refractivity contribution in [1.82, 2.24) is 14.9 Å². The van der Waals surface area contributed by atoms with Crippen molar-refractivity contribution in [3.05, 3.63) is 39.6 Å². The van der Waals surface area contributed by atoms with Gasteiger partial charge in [-0.05, 0) is 19.1 Å². The normalized spacial score (nSPS) is 13.5. The molecule has 100 valence electrons. The van der Waals surface area contributed by atoms with Crippen molar-refractivity contribution in [2.45, 2.75) is 12.1 Å². The first-order valence-corrected chi connectivity index (χ1v) is 6.97. The Bertz CT molecular complexity index is 656. The number of aromatic nitrogens is 3. The Labute approximate surface area is 135 Å². The molecule has 0 aliphatic carbocycles. The molecule has 0 saturated heterocycles. The lowest BCUT2D eigenvalue weighted by Gasteiger charge is -2.13. The SMILES string of the molecule is Br.Cc1nnc2n1N=C(c1ccc(Cl)c(Cl)c1)CS2. The van der Waals surface area contributed by atoms with E-state index in [1.165, 1.54) is 0 Å². The molecule has 0 radical (unpaired) electrons. The van der Waals surface area contributed by atoms with Gasteiger partial charge in [-0.25, -0.2) is 0 Å². The van der Waals surface area contributed by atoms with E-state index < -0.39 is 0 Å². The van der Waals surface area contributed by atoms with Gasteiger partial charge in [-0.1, -0.05) is 41.0 Å². The van der Waals surface area contributed by atoms with Gasteiger partial charge in [0.05, 0.1) is 15.8 Å². The number of hydrogen-bond donors (Lipinski definition) is 0. The third-order valence-electron chi connectivity index (χ3n) is 2.58. The summed E-state index contributed by atoms with van der Waals surface area (Å²) in [4.78, 5) is 0. The maximum Gasteiger partial charge on any atom is 0.212 e. The van der Waals surface area contributed by atoms with Crippen LogP contribution in [0.5, 0.6) is 0 Å². The number of nitrogens with zero attached hydrogens (tertiary/aromatic N) is 4. The molecule has 8 heteroatoms. The first-order valence-electron chi connectivity index (χ1n) is 5.23. The van der Waals surface area contributed by atoms with Gasteiger partial charge >= 0.3 is 0 Å². The van der Waals surface area contributed by atoms with Gasteiger partial charge in [-0.2, -0.15) is 9.78 Å². The van der Waals surface area contributed by atoms with Crippen molar-refractivity contribution in [3.8, 4) is 0 Å². The molecule has 1 aromatic heterocycles. The summed E-state index contributed by atoms with van der Waals surface area (Å²) in [6, 6.07) is 5.52. The highest BCUT2D eigenvalue weighted by molar-refractivity contribution is 8.93. The molecule has 1 aliphatic rings. The third kappa shape index (κ3) is 2.81. The van der Waals surface area contributed by atoms with Crippen LogP contribution < -0.4 is 0 Å². The van der Waals surface area contributed by atoms with E-state index >= 15 is 0 Å². The van der Waals surface area contributed by atoms with Crippen LogP contribution in [0.15, 0.2) is 28.5 Å². The second kappa shape index (κ2) is 5.83. The number of benzene rings is 1. The average Bonchev–Trinajstić information content (AvgIpc) is 2.74. The average molecular weight is 380 g/mol. The second-order valence-electron chi connectivity index (χ2n) is 3.81. The summed E-state index contributed by atoms with van der Waals surface area (Å²) in [5.74, 6) is 1.52. The Morgan fingerprint density at radius 1 is 1.21 bits per heavy atom. The molecular formula is C11H9BrCl2N4S. The fourth-order valence-electron chi connectivity index (χ4n) is 1.64. The molecule has 19 heavy (non-hydrogen) atoms. The number of fused-ring (bicyclic) bond motifs is 1. The van der Waals surface area contributed by atoms with Crippen LogP contribution in [-0.4, -0.2) is 26.3 Å². The van der Waals surface area contributed by atoms with Crippen LogP contribution in [0.3, 0.4) is 0 Å². The van der Waals surface area contributed by atoms with E-state index in [0.29, 0.717) is 10.0 Å². The van der Waals surface area contributed by atoms with E-state index in [9.17, 15) is 0 Å². The van der Waals surface area contributed by atoms with E-state index in [2.05, 4.69) is 15.3 Å². The molecule has 2 aromatic rings. The number of halogens is 3. The molecule has 0 bridgehead atoms. The lowest BCUT2D eigenvalue weighted by atomic mass is 10.1. The number of hydrogen-bond acceptors (Lipinski definition) is 4. The van der Waals surface area contributed by atoms with Gasteiger partial charge in [0.1, 0.15) is 0 Å². The van der Waals surface area contributed by atoms with Gasteiger partial charge in [0.2, 0.25) is 5.16 Å². The van der Waals surface area contributed by atoms with Gasteiger partial charge in [-0.15, -0.1) is 27.2 Å². The molecule has 1 aliphatic heterocycles. The van der Waals surface area contributed by atoms with Gasteiger partial charge in [0, 0.05) is 11.3 Å². The smallest absolute Gasteiger partial charge is 0.191 e. The minimum absolute atomic E-state index is 0. The quantitative estimate of drug-likeness (QED) is 0.756. The van der Waals surface area contributed by atoms with Crippen molar-refractivity contribution in [1.29, 1.82) is 0 Å². The molecule has 0 spiro atoms. The number of aryl methyl sites for hydroxylation is 1. The Morgan fingerprint density at radius 3 is 2.74 bits per heavy atom. The zero-order chi connectivity index (χ0) is 12.7. The maximum atomic E-state index is 6.02. The first-order chi connectivity index (χ1) is 8.65. The zero-order valence-corrected chi connectivity index (χ0v) is 13.8. The zero-order valence-electron chi connectivity index (χ0n) is 9.80. The van der Waals surface area contributed by atoms with Crippen LogP contribution in [0.25, 0.3) is 0 Å². The Balaban J connectivity index is 0.00000133. The van der Waals surface area contributed by atoms with Crippen molar-refractivity contribution in [3.63, 3.8) is 0 Å². The van der Waals surface area contributed by atoms with Gasteiger partial charge in [-0.3, -0.25) is 0 Å². The highest BCUT2D eigenvalue weighted by atomic mass is 79.9. The van der Waals surface area contributed by atoms with E-state index in [1.807, 2.05) is 19.1 Å². The summed E-state index contributed by atoms with van der Waals surface area (Å²) in [6.45, 7) is 1.87. The number of rotatable bonds is 1. The minimum atomic E-state index is 0. The largest absolute Gasteiger partial charge is 0.212 e. The monoisotopic (exact) mass is 378 g/mol. The fraction of sp³-hybridized carbons (Fsp3) is 0.182. The Morgan fingerprint density at radius 2 is 2.00 bits per heavy atom. The van der Waals surface area contributed by atoms with E-state index in [1.54, 1.807) is 22.5 Å². The second-order valence-corrected chi connectivity index (χ2v) is 5.56. The van der Waals surface area contributed by atoms with Crippen LogP contribution in [0, 0.1) is 6.92 Å². The molecule has 3 rings (SSSR count). The predicted octanol–water partition coefficient (Wildman–Crippen LogP) is 3.83. The summed E-state index contributed by atoms with van der Waals surface area (Å²) in [5, 5.41) is 14.5. The fourth-order valence-corrected chi connectivity index (χ4v) is 2.82. The Kier molecular flexibility index (Phi) is 4.55. The van der Waals surface area contributed by atoms with Crippen molar-refractivity contribution >= 4 is 57.7 Å². The van der Waals surface area contributed by atoms with Gasteiger partial charge < -0.3 is 0 Å². The van der Waals surface area contributed by atoms with Crippen molar-refractivity contribution in [2.24, 2.45) is 5.10 Å². The molecular weight excluding hydrogens is 371 g/mol. The molecule has 2 heterocycles. The number of thioether (sulfide) groups is 1. The first kappa shape index (κ1) is 14.8. The molecule has 0 unspecified atom stereocenters. The maximum absolute atomic E-state index is 6.02. The summed E-state index contributed by atoms with van der Waals surface area (Å²) in [6.07, 6.45) is 0. The van der Waals surface area contributed by atoms with Crippen molar-refractivity contribution in [2.75, 3.05) is 5.75 Å². The summed E-state index contributed by atoms with van der Waals surface area (Å²) < 4.78 is 1.74. The van der Waals surface area contributed by atoms with E-state index in [4.69, 9.17) is 23.2 Å².